The minimum atomic E-state index is -3.87. The Morgan fingerprint density at radius 3 is 2.56 bits per heavy atom. The fourth-order valence-corrected chi connectivity index (χ4v) is 1.78. The number of amides is 1. The van der Waals surface area contributed by atoms with Gasteiger partial charge in [-0.15, -0.1) is 0 Å². The third-order valence-corrected chi connectivity index (χ3v) is 2.67. The van der Waals surface area contributed by atoms with Crippen molar-refractivity contribution in [3.63, 3.8) is 0 Å². The number of rotatable bonds is 7. The minimum absolute atomic E-state index is 0.0859. The van der Waals surface area contributed by atoms with Gasteiger partial charge in [-0.1, -0.05) is 13.3 Å². The number of carbonyl (C=O) groups is 1. The van der Waals surface area contributed by atoms with Crippen molar-refractivity contribution >= 4 is 16.3 Å². The van der Waals surface area contributed by atoms with Crippen molar-refractivity contribution in [2.24, 2.45) is 5.73 Å². The second-order valence-corrected chi connectivity index (χ2v) is 4.72. The molecule has 0 fully saturated rings. The van der Waals surface area contributed by atoms with Gasteiger partial charge in [-0.2, -0.15) is 13.1 Å². The molecule has 16 heavy (non-hydrogen) atoms. The van der Waals surface area contributed by atoms with E-state index in [2.05, 4.69) is 9.46 Å². The van der Waals surface area contributed by atoms with E-state index in [0.717, 1.165) is 6.42 Å². The zero-order valence-corrected chi connectivity index (χ0v) is 10.3. The summed E-state index contributed by atoms with van der Waals surface area (Å²) in [4.78, 5) is 10.8. The largest absolute Gasteiger partial charge is 0.449 e. The fourth-order valence-electron chi connectivity index (χ4n) is 0.996. The summed E-state index contributed by atoms with van der Waals surface area (Å²) in [5, 5.41) is 0. The van der Waals surface area contributed by atoms with Crippen molar-refractivity contribution in [3.8, 4) is 0 Å². The number of hydrogen-bond acceptors (Lipinski definition) is 5. The highest BCUT2D eigenvalue weighted by atomic mass is 32.2. The predicted molar refractivity (Wildman–Crippen MR) is 60.0 cm³/mol. The van der Waals surface area contributed by atoms with Gasteiger partial charge in [0.15, 0.2) is 0 Å². The molecule has 0 aromatic rings. The first-order valence-electron chi connectivity index (χ1n) is 5.11. The Balaban J connectivity index is 4.01. The first-order chi connectivity index (χ1) is 7.41. The Morgan fingerprint density at radius 1 is 1.44 bits per heavy atom. The normalized spacial score (nSPS) is 13.2. The number of nitrogens with two attached hydrogens (primary N) is 1. The first-order valence-corrected chi connectivity index (χ1v) is 6.59. The van der Waals surface area contributed by atoms with Gasteiger partial charge in [0, 0.05) is 12.6 Å². The third-order valence-electron chi connectivity index (χ3n) is 1.69. The zero-order valence-electron chi connectivity index (χ0n) is 9.52. The van der Waals surface area contributed by atoms with Gasteiger partial charge in [0.1, 0.15) is 0 Å². The lowest BCUT2D eigenvalue weighted by atomic mass is 10.2. The van der Waals surface area contributed by atoms with Crippen LogP contribution in [0.4, 0.5) is 4.79 Å². The highest BCUT2D eigenvalue weighted by Gasteiger charge is 2.15. The predicted octanol–water partition coefficient (Wildman–Crippen LogP) is -0.306. The quantitative estimate of drug-likeness (QED) is 0.576. The monoisotopic (exact) mass is 253 g/mol. The van der Waals surface area contributed by atoms with Crippen LogP contribution in [0.15, 0.2) is 0 Å². The molecule has 1 atom stereocenters. The summed E-state index contributed by atoms with van der Waals surface area (Å²) in [6.45, 7) is 3.72. The number of hydrogen-bond donors (Lipinski definition) is 3. The number of ether oxygens (including phenoxy) is 1. The van der Waals surface area contributed by atoms with Gasteiger partial charge >= 0.3 is 16.3 Å². The maximum atomic E-state index is 11.2. The molecule has 7 nitrogen and oxygen atoms in total. The Morgan fingerprint density at radius 2 is 2.06 bits per heavy atom. The average molecular weight is 253 g/mol. The second-order valence-electron chi connectivity index (χ2n) is 3.22. The van der Waals surface area contributed by atoms with Crippen molar-refractivity contribution in [2.45, 2.75) is 32.7 Å². The van der Waals surface area contributed by atoms with E-state index in [1.165, 1.54) is 0 Å². The molecule has 0 radical (unpaired) electrons. The van der Waals surface area contributed by atoms with E-state index in [1.54, 1.807) is 11.6 Å². The first kappa shape index (κ1) is 15.1. The van der Waals surface area contributed by atoms with Crippen LogP contribution in [0.3, 0.4) is 0 Å². The molecule has 0 aliphatic heterocycles. The van der Waals surface area contributed by atoms with Crippen molar-refractivity contribution < 1.29 is 17.9 Å². The van der Waals surface area contributed by atoms with Crippen LogP contribution in [0, 0.1) is 0 Å². The van der Waals surface area contributed by atoms with E-state index in [-0.39, 0.29) is 19.2 Å². The summed E-state index contributed by atoms with van der Waals surface area (Å²) < 4.78 is 30.8. The summed E-state index contributed by atoms with van der Waals surface area (Å²) in [5.74, 6) is 0. The molecule has 0 aliphatic carbocycles. The Labute approximate surface area is 95.9 Å². The SMILES string of the molecule is CCCC(N)CNS(=O)(=O)NC(=O)OCC. The summed E-state index contributed by atoms with van der Waals surface area (Å²) >= 11 is 0. The molecule has 0 heterocycles. The molecule has 0 bridgehead atoms. The van der Waals surface area contributed by atoms with Crippen LogP contribution < -0.4 is 15.2 Å². The summed E-state index contributed by atoms with van der Waals surface area (Å²) in [7, 11) is -3.87. The molecule has 0 spiro atoms. The van der Waals surface area contributed by atoms with Gasteiger partial charge < -0.3 is 10.5 Å². The van der Waals surface area contributed by atoms with Gasteiger partial charge in [0.05, 0.1) is 6.61 Å². The van der Waals surface area contributed by atoms with Crippen LogP contribution in [0.5, 0.6) is 0 Å². The lowest BCUT2D eigenvalue weighted by molar-refractivity contribution is 0.158. The summed E-state index contributed by atoms with van der Waals surface area (Å²) in [6.07, 6.45) is 0.579. The van der Waals surface area contributed by atoms with E-state index in [0.29, 0.717) is 6.42 Å². The maximum absolute atomic E-state index is 11.2. The van der Waals surface area contributed by atoms with Crippen LogP contribution in [0.2, 0.25) is 0 Å². The van der Waals surface area contributed by atoms with Crippen LogP contribution in [-0.2, 0) is 14.9 Å². The molecule has 4 N–H and O–H groups in total. The molecule has 0 saturated carbocycles. The van der Waals surface area contributed by atoms with Crippen molar-refractivity contribution in [3.05, 3.63) is 0 Å². The van der Waals surface area contributed by atoms with Crippen LogP contribution in [0.1, 0.15) is 26.7 Å². The van der Waals surface area contributed by atoms with Gasteiger partial charge in [-0.3, -0.25) is 0 Å². The fraction of sp³-hybridized carbons (Fsp3) is 0.875. The van der Waals surface area contributed by atoms with Gasteiger partial charge in [-0.25, -0.2) is 9.52 Å². The Hall–Kier alpha value is -0.860. The molecule has 0 aromatic heterocycles. The van der Waals surface area contributed by atoms with E-state index >= 15 is 0 Å². The molecular weight excluding hydrogens is 234 g/mol. The topological polar surface area (TPSA) is 111 Å². The molecule has 8 heteroatoms. The molecule has 0 rings (SSSR count). The zero-order chi connectivity index (χ0) is 12.6. The van der Waals surface area contributed by atoms with Crippen LogP contribution in [-0.4, -0.2) is 33.7 Å². The van der Waals surface area contributed by atoms with Gasteiger partial charge in [0.2, 0.25) is 0 Å². The van der Waals surface area contributed by atoms with E-state index in [4.69, 9.17) is 5.73 Å². The standard InChI is InChI=1S/C8H19N3O4S/c1-3-5-7(9)6-10-16(13,14)11-8(12)15-4-2/h7,10H,3-6,9H2,1-2H3,(H,11,12). The molecule has 1 unspecified atom stereocenters. The molecule has 0 aromatic carbocycles. The van der Waals surface area contributed by atoms with E-state index in [1.807, 2.05) is 6.92 Å². The van der Waals surface area contributed by atoms with Crippen molar-refractivity contribution in [1.29, 1.82) is 0 Å². The smallest absolute Gasteiger partial charge is 0.421 e. The second kappa shape index (κ2) is 7.42. The van der Waals surface area contributed by atoms with Crippen LogP contribution >= 0.6 is 0 Å². The van der Waals surface area contributed by atoms with Crippen LogP contribution in [0.25, 0.3) is 0 Å². The summed E-state index contributed by atoms with van der Waals surface area (Å²) in [5.41, 5.74) is 5.61. The molecular formula is C8H19N3O4S. The third kappa shape index (κ3) is 7.43. The summed E-state index contributed by atoms with van der Waals surface area (Å²) in [6, 6.07) is -0.260. The van der Waals surface area contributed by atoms with Crippen molar-refractivity contribution in [1.82, 2.24) is 9.44 Å². The van der Waals surface area contributed by atoms with E-state index < -0.39 is 16.3 Å². The maximum Gasteiger partial charge on any atom is 0.421 e. The minimum Gasteiger partial charge on any atom is -0.449 e. The lowest BCUT2D eigenvalue weighted by Gasteiger charge is -2.12. The molecule has 0 aliphatic rings. The Bertz CT molecular complexity index is 304. The molecule has 96 valence electrons. The highest BCUT2D eigenvalue weighted by molar-refractivity contribution is 7.88. The molecule has 1 amide bonds. The van der Waals surface area contributed by atoms with Gasteiger partial charge in [0.25, 0.3) is 0 Å². The highest BCUT2D eigenvalue weighted by Crippen LogP contribution is 1.92. The average Bonchev–Trinajstić information content (AvgIpc) is 2.15. The van der Waals surface area contributed by atoms with E-state index in [9.17, 15) is 13.2 Å². The van der Waals surface area contributed by atoms with Crippen molar-refractivity contribution in [2.75, 3.05) is 13.2 Å². The number of nitrogens with one attached hydrogen (secondary N) is 2. The molecule has 0 saturated heterocycles. The lowest BCUT2D eigenvalue weighted by Crippen LogP contribution is -2.45. The number of carbonyl (C=O) groups excluding carboxylic acids is 1. The Kier molecular flexibility index (Phi) is 7.02. The van der Waals surface area contributed by atoms with Gasteiger partial charge in [-0.05, 0) is 13.3 Å².